The molecule has 0 aliphatic carbocycles. The summed E-state index contributed by atoms with van der Waals surface area (Å²) in [4.78, 5) is 25.2. The molecule has 24 heavy (non-hydrogen) atoms. The quantitative estimate of drug-likeness (QED) is 0.649. The van der Waals surface area contributed by atoms with Gasteiger partial charge in [0.25, 0.3) is 10.0 Å². The van der Waals surface area contributed by atoms with Crippen LogP contribution in [0.3, 0.4) is 0 Å². The molecule has 2 rings (SSSR count). The number of nitrogens with two attached hydrogens (primary N) is 1. The Hall–Kier alpha value is -1.89. The number of amides is 2. The Labute approximate surface area is 143 Å². The smallest absolute Gasteiger partial charge is 0.273 e. The van der Waals surface area contributed by atoms with Gasteiger partial charge in [0.2, 0.25) is 11.8 Å². The van der Waals surface area contributed by atoms with Gasteiger partial charge in [-0.15, -0.1) is 0 Å². The number of nitrogen functional groups attached to an aromatic ring is 1. The first-order valence-corrected chi connectivity index (χ1v) is 9.53. The fourth-order valence-corrected chi connectivity index (χ4v) is 4.49. The number of carbonyl (C=O) groups is 2. The third kappa shape index (κ3) is 3.31. The maximum atomic E-state index is 12.8. The first kappa shape index (κ1) is 18.4. The van der Waals surface area contributed by atoms with Crippen LogP contribution in [0.5, 0.6) is 0 Å². The van der Waals surface area contributed by atoms with Gasteiger partial charge in [-0.2, -0.15) is 4.31 Å². The molecule has 0 bridgehead atoms. The number of sulfonamides is 1. The van der Waals surface area contributed by atoms with Crippen molar-refractivity contribution in [1.82, 2.24) is 4.31 Å². The number of nitrogens with zero attached hydrogens (tertiary/aromatic N) is 1. The topological polar surface area (TPSA) is 97.5 Å². The lowest BCUT2D eigenvalue weighted by atomic mass is 9.71. The molecule has 1 aliphatic heterocycles. The molecule has 1 aromatic carbocycles. The second kappa shape index (κ2) is 6.55. The van der Waals surface area contributed by atoms with E-state index in [9.17, 15) is 18.0 Å². The number of unbranched alkanes of at least 4 members (excludes halogenated alkanes) is 1. The Morgan fingerprint density at radius 2 is 1.79 bits per heavy atom. The van der Waals surface area contributed by atoms with Crippen molar-refractivity contribution in [3.05, 3.63) is 24.3 Å². The number of carbonyl (C=O) groups excluding carboxylic acids is 2. The number of imide groups is 1. The van der Waals surface area contributed by atoms with Crippen molar-refractivity contribution in [1.29, 1.82) is 0 Å². The van der Waals surface area contributed by atoms with Crippen LogP contribution in [0, 0.1) is 11.3 Å². The van der Waals surface area contributed by atoms with Crippen LogP contribution in [-0.2, 0) is 19.6 Å². The third-order valence-electron chi connectivity index (χ3n) is 4.54. The molecule has 0 saturated carbocycles. The van der Waals surface area contributed by atoms with E-state index >= 15 is 0 Å². The van der Waals surface area contributed by atoms with Crippen LogP contribution >= 0.6 is 0 Å². The molecule has 1 fully saturated rings. The second-order valence-electron chi connectivity index (χ2n) is 6.93. The minimum Gasteiger partial charge on any atom is -0.399 e. The molecule has 1 atom stereocenters. The highest BCUT2D eigenvalue weighted by Gasteiger charge is 2.50. The Bertz CT molecular complexity index is 738. The van der Waals surface area contributed by atoms with Crippen molar-refractivity contribution in [3.8, 4) is 0 Å². The zero-order valence-electron chi connectivity index (χ0n) is 14.3. The summed E-state index contributed by atoms with van der Waals surface area (Å²) < 4.78 is 26.0. The van der Waals surface area contributed by atoms with Gasteiger partial charge in [-0.25, -0.2) is 8.42 Å². The van der Waals surface area contributed by atoms with Crippen LogP contribution in [0.1, 0.15) is 46.5 Å². The van der Waals surface area contributed by atoms with Gasteiger partial charge in [0.1, 0.15) is 0 Å². The molecular formula is C17H24N2O4S. The minimum absolute atomic E-state index is 0.0291. The highest BCUT2D eigenvalue weighted by molar-refractivity contribution is 7.90. The fourth-order valence-electron chi connectivity index (χ4n) is 3.10. The van der Waals surface area contributed by atoms with Crippen molar-refractivity contribution < 1.29 is 18.0 Å². The molecule has 0 spiro atoms. The first-order chi connectivity index (χ1) is 11.1. The maximum absolute atomic E-state index is 12.8. The molecule has 1 aromatic rings. The minimum atomic E-state index is -4.21. The van der Waals surface area contributed by atoms with Gasteiger partial charge in [-0.05, 0) is 36.1 Å². The van der Waals surface area contributed by atoms with Crippen LogP contribution < -0.4 is 5.73 Å². The normalized spacial score (nSPS) is 21.1. The van der Waals surface area contributed by atoms with Crippen molar-refractivity contribution >= 4 is 27.5 Å². The molecule has 0 radical (unpaired) electrons. The number of rotatable bonds is 5. The largest absolute Gasteiger partial charge is 0.399 e. The highest BCUT2D eigenvalue weighted by Crippen LogP contribution is 2.41. The molecule has 0 aromatic heterocycles. The zero-order chi connectivity index (χ0) is 18.1. The van der Waals surface area contributed by atoms with Crippen molar-refractivity contribution in [2.24, 2.45) is 11.3 Å². The number of piperidine rings is 1. The SMILES string of the molecule is CCCCC1C(=O)N(S(=O)(=O)c2ccc(N)cc2)C(=O)CC1(C)C. The molecule has 2 amide bonds. The van der Waals surface area contributed by atoms with E-state index in [2.05, 4.69) is 0 Å². The van der Waals surface area contributed by atoms with Crippen LogP contribution in [0.2, 0.25) is 0 Å². The molecule has 7 heteroatoms. The number of anilines is 1. The van der Waals surface area contributed by atoms with Gasteiger partial charge in [-0.3, -0.25) is 9.59 Å². The van der Waals surface area contributed by atoms with Crippen LogP contribution in [0.15, 0.2) is 29.2 Å². The van der Waals surface area contributed by atoms with E-state index in [-0.39, 0.29) is 11.3 Å². The Balaban J connectivity index is 2.42. The first-order valence-electron chi connectivity index (χ1n) is 8.09. The molecule has 132 valence electrons. The molecule has 6 nitrogen and oxygen atoms in total. The van der Waals surface area contributed by atoms with Gasteiger partial charge in [0.15, 0.2) is 0 Å². The Morgan fingerprint density at radius 1 is 1.21 bits per heavy atom. The molecule has 1 unspecified atom stereocenters. The third-order valence-corrected chi connectivity index (χ3v) is 6.27. The molecule has 2 N–H and O–H groups in total. The van der Waals surface area contributed by atoms with E-state index < -0.39 is 33.2 Å². The maximum Gasteiger partial charge on any atom is 0.273 e. The molecule has 1 aliphatic rings. The van der Waals surface area contributed by atoms with Crippen molar-refractivity contribution in [3.63, 3.8) is 0 Å². The summed E-state index contributed by atoms with van der Waals surface area (Å²) in [5.74, 6) is -1.78. The second-order valence-corrected chi connectivity index (χ2v) is 8.72. The average Bonchev–Trinajstić information content (AvgIpc) is 2.46. The van der Waals surface area contributed by atoms with Crippen LogP contribution in [-0.4, -0.2) is 24.5 Å². The van der Waals surface area contributed by atoms with E-state index in [0.29, 0.717) is 16.4 Å². The summed E-state index contributed by atoms with van der Waals surface area (Å²) in [6.07, 6.45) is 2.31. The number of benzene rings is 1. The summed E-state index contributed by atoms with van der Waals surface area (Å²) in [5, 5.41) is 0. The van der Waals surface area contributed by atoms with Gasteiger partial charge in [0.05, 0.1) is 4.90 Å². The number of hydrogen-bond acceptors (Lipinski definition) is 5. The summed E-state index contributed by atoms with van der Waals surface area (Å²) in [5.41, 5.74) is 5.44. The average molecular weight is 352 g/mol. The summed E-state index contributed by atoms with van der Waals surface area (Å²) in [7, 11) is -4.21. The lowest BCUT2D eigenvalue weighted by Crippen LogP contribution is -2.54. The zero-order valence-corrected chi connectivity index (χ0v) is 15.1. The summed E-state index contributed by atoms with van der Waals surface area (Å²) in [6, 6.07) is 5.49. The van der Waals surface area contributed by atoms with Crippen LogP contribution in [0.25, 0.3) is 0 Å². The van der Waals surface area contributed by atoms with Gasteiger partial charge in [-0.1, -0.05) is 33.6 Å². The van der Waals surface area contributed by atoms with Gasteiger partial charge < -0.3 is 5.73 Å². The standard InChI is InChI=1S/C17H24N2O4S/c1-4-5-6-14-16(21)19(15(20)11-17(14,2)3)24(22,23)13-9-7-12(18)8-10-13/h7-10,14H,4-6,11,18H2,1-3H3. The molecular weight excluding hydrogens is 328 g/mol. The van der Waals surface area contributed by atoms with Crippen molar-refractivity contribution in [2.75, 3.05) is 5.73 Å². The predicted octanol–water partition coefficient (Wildman–Crippen LogP) is 2.55. The van der Waals surface area contributed by atoms with E-state index in [1.54, 1.807) is 0 Å². The predicted molar refractivity (Wildman–Crippen MR) is 91.3 cm³/mol. The highest BCUT2D eigenvalue weighted by atomic mass is 32.2. The number of hydrogen-bond donors (Lipinski definition) is 1. The molecule has 1 heterocycles. The summed E-state index contributed by atoms with van der Waals surface area (Å²) >= 11 is 0. The Morgan fingerprint density at radius 3 is 2.33 bits per heavy atom. The van der Waals surface area contributed by atoms with Gasteiger partial charge >= 0.3 is 0 Å². The lowest BCUT2D eigenvalue weighted by molar-refractivity contribution is -0.151. The van der Waals surface area contributed by atoms with Crippen molar-refractivity contribution in [2.45, 2.75) is 51.3 Å². The lowest BCUT2D eigenvalue weighted by Gasteiger charge is -2.41. The van der Waals surface area contributed by atoms with E-state index in [1.165, 1.54) is 24.3 Å². The van der Waals surface area contributed by atoms with Crippen LogP contribution in [0.4, 0.5) is 5.69 Å². The molecule has 1 saturated heterocycles. The van der Waals surface area contributed by atoms with E-state index in [1.807, 2.05) is 20.8 Å². The summed E-state index contributed by atoms with van der Waals surface area (Å²) in [6.45, 7) is 5.70. The van der Waals surface area contributed by atoms with Gasteiger partial charge in [0, 0.05) is 18.0 Å². The monoisotopic (exact) mass is 352 g/mol. The van der Waals surface area contributed by atoms with E-state index in [4.69, 9.17) is 5.73 Å². The Kier molecular flexibility index (Phi) is 5.03. The fraction of sp³-hybridized carbons (Fsp3) is 0.529. The van der Waals surface area contributed by atoms with E-state index in [0.717, 1.165) is 12.8 Å².